The summed E-state index contributed by atoms with van der Waals surface area (Å²) in [5, 5.41) is 9.36. The second-order valence-electron chi connectivity index (χ2n) is 3.91. The van der Waals surface area contributed by atoms with Crippen LogP contribution in [0, 0.1) is 17.1 Å². The van der Waals surface area contributed by atoms with Crippen molar-refractivity contribution in [2.24, 2.45) is 0 Å². The number of hydrogen-bond acceptors (Lipinski definition) is 2. The fraction of sp³-hybridized carbons (Fsp3) is 0.417. The normalized spacial score (nSPS) is 19.1. The Kier molecular flexibility index (Phi) is 3.13. The van der Waals surface area contributed by atoms with Crippen molar-refractivity contribution in [3.05, 3.63) is 34.6 Å². The van der Waals surface area contributed by atoms with Gasteiger partial charge in [-0.1, -0.05) is 23.7 Å². The quantitative estimate of drug-likeness (QED) is 0.755. The molecule has 1 aliphatic rings. The third kappa shape index (κ3) is 1.79. The van der Waals surface area contributed by atoms with E-state index in [1.54, 1.807) is 12.1 Å². The Balaban J connectivity index is 2.48. The van der Waals surface area contributed by atoms with Gasteiger partial charge in [-0.15, -0.1) is 0 Å². The summed E-state index contributed by atoms with van der Waals surface area (Å²) in [5.74, 6) is -0.479. The van der Waals surface area contributed by atoms with Crippen LogP contribution in [0.15, 0.2) is 18.2 Å². The summed E-state index contributed by atoms with van der Waals surface area (Å²) >= 11 is 5.74. The number of hydrogen-bond donors (Lipinski definition) is 0. The zero-order chi connectivity index (χ0) is 11.6. The molecule has 0 aromatic heterocycles. The van der Waals surface area contributed by atoms with Gasteiger partial charge in [0.05, 0.1) is 16.5 Å². The molecule has 0 bridgehead atoms. The van der Waals surface area contributed by atoms with E-state index in [1.165, 1.54) is 6.07 Å². The first kappa shape index (κ1) is 11.4. The number of nitriles is 1. The van der Waals surface area contributed by atoms with Crippen molar-refractivity contribution in [2.45, 2.75) is 18.3 Å². The van der Waals surface area contributed by atoms with Crippen LogP contribution in [-0.2, 0) is 10.2 Å². The summed E-state index contributed by atoms with van der Waals surface area (Å²) in [6.45, 7) is 0.971. The maximum absolute atomic E-state index is 13.9. The fourth-order valence-electron chi connectivity index (χ4n) is 2.03. The van der Waals surface area contributed by atoms with E-state index >= 15 is 0 Å². The third-order valence-electron chi connectivity index (χ3n) is 3.03. The van der Waals surface area contributed by atoms with Gasteiger partial charge in [-0.2, -0.15) is 5.26 Å². The predicted octanol–water partition coefficient (Wildman–Crippen LogP) is 3.05. The fourth-order valence-corrected chi connectivity index (χ4v) is 2.21. The number of halogens is 2. The van der Waals surface area contributed by atoms with Gasteiger partial charge < -0.3 is 4.74 Å². The van der Waals surface area contributed by atoms with Crippen molar-refractivity contribution in [1.29, 1.82) is 5.26 Å². The molecule has 1 aromatic carbocycles. The second-order valence-corrected chi connectivity index (χ2v) is 4.31. The molecule has 0 aliphatic carbocycles. The number of benzene rings is 1. The summed E-state index contributed by atoms with van der Waals surface area (Å²) in [4.78, 5) is 0. The zero-order valence-electron chi connectivity index (χ0n) is 8.67. The van der Waals surface area contributed by atoms with Crippen LogP contribution in [0.4, 0.5) is 4.39 Å². The van der Waals surface area contributed by atoms with Crippen LogP contribution < -0.4 is 0 Å². The lowest BCUT2D eigenvalue weighted by molar-refractivity contribution is 0.0665. The van der Waals surface area contributed by atoms with Crippen molar-refractivity contribution < 1.29 is 9.13 Å². The minimum absolute atomic E-state index is 0.0682. The number of ether oxygens (including phenoxy) is 1. The van der Waals surface area contributed by atoms with Gasteiger partial charge in [0.15, 0.2) is 0 Å². The lowest BCUT2D eigenvalue weighted by atomic mass is 9.75. The Morgan fingerprint density at radius 1 is 1.38 bits per heavy atom. The van der Waals surface area contributed by atoms with Crippen LogP contribution >= 0.6 is 11.6 Å². The van der Waals surface area contributed by atoms with Crippen LogP contribution in [0.5, 0.6) is 0 Å². The maximum atomic E-state index is 13.9. The van der Waals surface area contributed by atoms with Gasteiger partial charge in [0, 0.05) is 18.8 Å². The molecule has 0 unspecified atom stereocenters. The minimum Gasteiger partial charge on any atom is -0.381 e. The van der Waals surface area contributed by atoms with E-state index in [2.05, 4.69) is 6.07 Å². The smallest absolute Gasteiger partial charge is 0.146 e. The van der Waals surface area contributed by atoms with Crippen molar-refractivity contribution in [3.63, 3.8) is 0 Å². The molecule has 16 heavy (non-hydrogen) atoms. The highest BCUT2D eigenvalue weighted by Gasteiger charge is 2.37. The SMILES string of the molecule is N#CC1(c2cccc(Cl)c2F)CCOCC1. The summed E-state index contributed by atoms with van der Waals surface area (Å²) in [6, 6.07) is 7.02. The van der Waals surface area contributed by atoms with Gasteiger partial charge in [-0.25, -0.2) is 4.39 Å². The van der Waals surface area contributed by atoms with Crippen molar-refractivity contribution in [2.75, 3.05) is 13.2 Å². The first-order chi connectivity index (χ1) is 7.69. The summed E-state index contributed by atoms with van der Waals surface area (Å²) in [6.07, 6.45) is 1.03. The van der Waals surface area contributed by atoms with E-state index in [9.17, 15) is 9.65 Å². The lowest BCUT2D eigenvalue weighted by Crippen LogP contribution is -2.33. The van der Waals surface area contributed by atoms with Crippen LogP contribution in [0.1, 0.15) is 18.4 Å². The molecule has 0 N–H and O–H groups in total. The molecular weight excluding hydrogens is 229 g/mol. The van der Waals surface area contributed by atoms with E-state index < -0.39 is 11.2 Å². The molecule has 1 fully saturated rings. The summed E-state index contributed by atoms with van der Waals surface area (Å²) in [7, 11) is 0. The van der Waals surface area contributed by atoms with Crippen LogP contribution in [-0.4, -0.2) is 13.2 Å². The van der Waals surface area contributed by atoms with Crippen molar-refractivity contribution in [3.8, 4) is 6.07 Å². The highest BCUT2D eigenvalue weighted by atomic mass is 35.5. The molecule has 2 rings (SSSR count). The van der Waals surface area contributed by atoms with Crippen LogP contribution in [0.25, 0.3) is 0 Å². The Morgan fingerprint density at radius 3 is 2.69 bits per heavy atom. The molecular formula is C12H11ClFNO. The topological polar surface area (TPSA) is 33.0 Å². The van der Waals surface area contributed by atoms with E-state index in [0.29, 0.717) is 31.6 Å². The van der Waals surface area contributed by atoms with E-state index in [-0.39, 0.29) is 5.02 Å². The summed E-state index contributed by atoms with van der Waals surface area (Å²) in [5.41, 5.74) is -0.390. The average molecular weight is 240 g/mol. The molecule has 0 atom stereocenters. The zero-order valence-corrected chi connectivity index (χ0v) is 9.43. The highest BCUT2D eigenvalue weighted by Crippen LogP contribution is 2.37. The Morgan fingerprint density at radius 2 is 2.06 bits per heavy atom. The molecule has 1 heterocycles. The monoisotopic (exact) mass is 239 g/mol. The van der Waals surface area contributed by atoms with Gasteiger partial charge >= 0.3 is 0 Å². The molecule has 0 radical (unpaired) electrons. The third-order valence-corrected chi connectivity index (χ3v) is 3.32. The molecule has 1 aliphatic heterocycles. The highest BCUT2D eigenvalue weighted by molar-refractivity contribution is 6.30. The van der Waals surface area contributed by atoms with Gasteiger partial charge in [0.1, 0.15) is 5.82 Å². The lowest BCUT2D eigenvalue weighted by Gasteiger charge is -2.31. The largest absolute Gasteiger partial charge is 0.381 e. The molecule has 84 valence electrons. The Hall–Kier alpha value is -1.11. The van der Waals surface area contributed by atoms with E-state index in [4.69, 9.17) is 16.3 Å². The maximum Gasteiger partial charge on any atom is 0.146 e. The van der Waals surface area contributed by atoms with Gasteiger partial charge in [-0.05, 0) is 18.9 Å². The Labute approximate surface area is 98.6 Å². The minimum atomic E-state index is -0.784. The molecule has 0 saturated carbocycles. The van der Waals surface area contributed by atoms with E-state index in [1.807, 2.05) is 0 Å². The first-order valence-electron chi connectivity index (χ1n) is 5.13. The molecule has 2 nitrogen and oxygen atoms in total. The molecule has 4 heteroatoms. The van der Waals surface area contributed by atoms with Gasteiger partial charge in [-0.3, -0.25) is 0 Å². The van der Waals surface area contributed by atoms with Gasteiger partial charge in [0.25, 0.3) is 0 Å². The molecule has 1 aromatic rings. The number of rotatable bonds is 1. The standard InChI is InChI=1S/C12H11ClFNO/c13-10-3-1-2-9(11(10)14)12(8-15)4-6-16-7-5-12/h1-3H,4-7H2. The van der Waals surface area contributed by atoms with Crippen molar-refractivity contribution in [1.82, 2.24) is 0 Å². The summed E-state index contributed by atoms with van der Waals surface area (Å²) < 4.78 is 19.1. The van der Waals surface area contributed by atoms with E-state index in [0.717, 1.165) is 0 Å². The Bertz CT molecular complexity index is 435. The predicted molar refractivity (Wildman–Crippen MR) is 58.8 cm³/mol. The number of nitrogens with zero attached hydrogens (tertiary/aromatic N) is 1. The molecule has 1 saturated heterocycles. The second kappa shape index (κ2) is 4.40. The van der Waals surface area contributed by atoms with Crippen LogP contribution in [0.3, 0.4) is 0 Å². The molecule has 0 spiro atoms. The first-order valence-corrected chi connectivity index (χ1v) is 5.51. The van der Waals surface area contributed by atoms with Gasteiger partial charge in [0.2, 0.25) is 0 Å². The average Bonchev–Trinajstić information content (AvgIpc) is 2.33. The van der Waals surface area contributed by atoms with Crippen LogP contribution in [0.2, 0.25) is 5.02 Å². The van der Waals surface area contributed by atoms with Crippen molar-refractivity contribution >= 4 is 11.6 Å². The molecule has 0 amide bonds.